The first-order chi connectivity index (χ1) is 10.3. The number of methoxy groups -OCH3 is 1. The van der Waals surface area contributed by atoms with Crippen molar-refractivity contribution in [3.8, 4) is 0 Å². The molecule has 120 valence electrons. The van der Waals surface area contributed by atoms with Crippen molar-refractivity contribution in [2.24, 2.45) is 0 Å². The van der Waals surface area contributed by atoms with Crippen molar-refractivity contribution in [1.29, 1.82) is 0 Å². The van der Waals surface area contributed by atoms with Crippen LogP contribution in [-0.4, -0.2) is 72.8 Å². The SMILES string of the molecule is COC(=O)COCc1cn(CCOCCOCCO)nn1. The molecule has 0 fully saturated rings. The predicted octanol–water partition coefficient (Wildman–Crippen LogP) is -1.01. The van der Waals surface area contributed by atoms with Gasteiger partial charge in [0.1, 0.15) is 12.3 Å². The summed E-state index contributed by atoms with van der Waals surface area (Å²) in [4.78, 5) is 10.8. The Morgan fingerprint density at radius 3 is 2.71 bits per heavy atom. The van der Waals surface area contributed by atoms with Crippen LogP contribution in [-0.2, 0) is 36.9 Å². The molecule has 0 amide bonds. The fourth-order valence-electron chi connectivity index (χ4n) is 1.36. The Labute approximate surface area is 122 Å². The van der Waals surface area contributed by atoms with Crippen LogP contribution >= 0.6 is 0 Å². The average Bonchev–Trinajstić information content (AvgIpc) is 2.94. The molecule has 0 aromatic carbocycles. The zero-order chi connectivity index (χ0) is 15.3. The third kappa shape index (κ3) is 8.35. The first-order valence-corrected chi connectivity index (χ1v) is 6.56. The van der Waals surface area contributed by atoms with Crippen molar-refractivity contribution < 1.29 is 28.8 Å². The number of hydrogen-bond acceptors (Lipinski definition) is 8. The Kier molecular flexibility index (Phi) is 9.29. The number of aliphatic hydroxyl groups is 1. The molecular formula is C12H21N3O6. The van der Waals surface area contributed by atoms with E-state index in [0.29, 0.717) is 38.7 Å². The maximum atomic E-state index is 10.8. The Bertz CT molecular complexity index is 398. The summed E-state index contributed by atoms with van der Waals surface area (Å²) < 4.78 is 21.6. The molecule has 9 heteroatoms. The topological polar surface area (TPSA) is 105 Å². The number of carbonyl (C=O) groups excluding carboxylic acids is 1. The molecule has 0 radical (unpaired) electrons. The second-order valence-corrected chi connectivity index (χ2v) is 3.99. The maximum absolute atomic E-state index is 10.8. The van der Waals surface area contributed by atoms with Crippen LogP contribution in [0.4, 0.5) is 0 Å². The molecule has 1 rings (SSSR count). The average molecular weight is 303 g/mol. The van der Waals surface area contributed by atoms with Crippen LogP contribution in [0.3, 0.4) is 0 Å². The van der Waals surface area contributed by atoms with Gasteiger partial charge in [-0.1, -0.05) is 5.21 Å². The highest BCUT2D eigenvalue weighted by Gasteiger charge is 2.04. The predicted molar refractivity (Wildman–Crippen MR) is 70.4 cm³/mol. The molecule has 0 atom stereocenters. The number of carbonyl (C=O) groups is 1. The first kappa shape index (κ1) is 17.5. The van der Waals surface area contributed by atoms with Crippen molar-refractivity contribution in [3.63, 3.8) is 0 Å². The van der Waals surface area contributed by atoms with Gasteiger partial charge in [-0.3, -0.25) is 0 Å². The smallest absolute Gasteiger partial charge is 0.331 e. The number of rotatable bonds is 12. The molecule has 0 aliphatic rings. The lowest BCUT2D eigenvalue weighted by atomic mass is 10.5. The van der Waals surface area contributed by atoms with E-state index in [9.17, 15) is 4.79 Å². The Balaban J connectivity index is 2.07. The lowest BCUT2D eigenvalue weighted by molar-refractivity contribution is -0.146. The summed E-state index contributed by atoms with van der Waals surface area (Å²) in [5.41, 5.74) is 0.630. The fraction of sp³-hybridized carbons (Fsp3) is 0.750. The molecular weight excluding hydrogens is 282 g/mol. The van der Waals surface area contributed by atoms with Crippen LogP contribution in [0.1, 0.15) is 5.69 Å². The fourth-order valence-corrected chi connectivity index (χ4v) is 1.36. The van der Waals surface area contributed by atoms with Gasteiger partial charge in [0.05, 0.1) is 59.5 Å². The molecule has 0 saturated heterocycles. The van der Waals surface area contributed by atoms with Gasteiger partial charge in [0.15, 0.2) is 0 Å². The van der Waals surface area contributed by atoms with Gasteiger partial charge in [0, 0.05) is 0 Å². The van der Waals surface area contributed by atoms with E-state index in [0.717, 1.165) is 0 Å². The van der Waals surface area contributed by atoms with Crippen molar-refractivity contribution in [3.05, 3.63) is 11.9 Å². The van der Waals surface area contributed by atoms with Gasteiger partial charge in [-0.2, -0.15) is 0 Å². The van der Waals surface area contributed by atoms with Gasteiger partial charge in [-0.25, -0.2) is 9.48 Å². The van der Waals surface area contributed by atoms with Crippen LogP contribution < -0.4 is 0 Å². The van der Waals surface area contributed by atoms with Gasteiger partial charge >= 0.3 is 5.97 Å². The summed E-state index contributed by atoms with van der Waals surface area (Å²) in [7, 11) is 1.30. The number of aromatic nitrogens is 3. The number of nitrogens with zero attached hydrogens (tertiary/aromatic N) is 3. The second kappa shape index (κ2) is 11.1. The lowest BCUT2D eigenvalue weighted by Gasteiger charge is -2.04. The Hall–Kier alpha value is -1.55. The molecule has 0 bridgehead atoms. The molecule has 0 aliphatic heterocycles. The number of aliphatic hydroxyl groups excluding tert-OH is 1. The highest BCUT2D eigenvalue weighted by molar-refractivity contribution is 5.70. The molecule has 0 saturated carbocycles. The Morgan fingerprint density at radius 2 is 2.00 bits per heavy atom. The standard InChI is InChI=1S/C12H21N3O6/c1-18-12(17)10-21-9-11-8-15(14-13-11)2-4-19-6-7-20-5-3-16/h8,16H,2-7,9-10H2,1H3. The summed E-state index contributed by atoms with van der Waals surface area (Å²) in [5, 5.41) is 16.3. The minimum Gasteiger partial charge on any atom is -0.467 e. The molecule has 9 nitrogen and oxygen atoms in total. The number of esters is 1. The van der Waals surface area contributed by atoms with Gasteiger partial charge in [-0.05, 0) is 0 Å². The number of hydrogen-bond donors (Lipinski definition) is 1. The molecule has 1 aromatic rings. The quantitative estimate of drug-likeness (QED) is 0.387. The van der Waals surface area contributed by atoms with Crippen LogP contribution in [0.25, 0.3) is 0 Å². The summed E-state index contributed by atoms with van der Waals surface area (Å²) in [6.45, 7) is 2.37. The minimum absolute atomic E-state index is 0.0137. The van der Waals surface area contributed by atoms with E-state index in [-0.39, 0.29) is 19.8 Å². The van der Waals surface area contributed by atoms with E-state index in [1.807, 2.05) is 0 Å². The number of ether oxygens (including phenoxy) is 4. The van der Waals surface area contributed by atoms with Crippen LogP contribution in [0.2, 0.25) is 0 Å². The summed E-state index contributed by atoms with van der Waals surface area (Å²) in [6, 6.07) is 0. The van der Waals surface area contributed by atoms with Crippen molar-refractivity contribution >= 4 is 5.97 Å². The highest BCUT2D eigenvalue weighted by atomic mass is 16.6. The molecule has 0 spiro atoms. The third-order valence-corrected chi connectivity index (χ3v) is 2.36. The molecule has 1 heterocycles. The monoisotopic (exact) mass is 303 g/mol. The zero-order valence-electron chi connectivity index (χ0n) is 12.1. The van der Waals surface area contributed by atoms with Crippen LogP contribution in [0.5, 0.6) is 0 Å². The second-order valence-electron chi connectivity index (χ2n) is 3.99. The minimum atomic E-state index is -0.431. The van der Waals surface area contributed by atoms with Gasteiger partial charge in [0.2, 0.25) is 0 Å². The zero-order valence-corrected chi connectivity index (χ0v) is 12.1. The van der Waals surface area contributed by atoms with E-state index in [2.05, 4.69) is 15.0 Å². The normalized spacial score (nSPS) is 10.8. The van der Waals surface area contributed by atoms with E-state index >= 15 is 0 Å². The summed E-state index contributed by atoms with van der Waals surface area (Å²) in [6.07, 6.45) is 1.73. The molecule has 0 unspecified atom stereocenters. The molecule has 21 heavy (non-hydrogen) atoms. The molecule has 1 aromatic heterocycles. The van der Waals surface area contributed by atoms with Gasteiger partial charge in [0.25, 0.3) is 0 Å². The van der Waals surface area contributed by atoms with Crippen molar-refractivity contribution in [2.45, 2.75) is 13.2 Å². The molecule has 1 N–H and O–H groups in total. The molecule has 0 aliphatic carbocycles. The highest BCUT2D eigenvalue weighted by Crippen LogP contribution is 1.96. The van der Waals surface area contributed by atoms with E-state index in [1.54, 1.807) is 10.9 Å². The summed E-state index contributed by atoms with van der Waals surface area (Å²) >= 11 is 0. The maximum Gasteiger partial charge on any atom is 0.331 e. The van der Waals surface area contributed by atoms with Gasteiger partial charge < -0.3 is 24.1 Å². The largest absolute Gasteiger partial charge is 0.467 e. The van der Waals surface area contributed by atoms with E-state index in [1.165, 1.54) is 7.11 Å². The van der Waals surface area contributed by atoms with Crippen LogP contribution in [0.15, 0.2) is 6.20 Å². The van der Waals surface area contributed by atoms with E-state index in [4.69, 9.17) is 19.3 Å². The third-order valence-electron chi connectivity index (χ3n) is 2.36. The van der Waals surface area contributed by atoms with Gasteiger partial charge in [-0.15, -0.1) is 5.10 Å². The van der Waals surface area contributed by atoms with Crippen LogP contribution in [0, 0.1) is 0 Å². The van der Waals surface area contributed by atoms with Crippen molar-refractivity contribution in [1.82, 2.24) is 15.0 Å². The van der Waals surface area contributed by atoms with Crippen molar-refractivity contribution in [2.75, 3.05) is 46.8 Å². The lowest BCUT2D eigenvalue weighted by Crippen LogP contribution is -2.11. The Morgan fingerprint density at radius 1 is 1.24 bits per heavy atom. The summed E-state index contributed by atoms with van der Waals surface area (Å²) in [5.74, 6) is -0.431. The van der Waals surface area contributed by atoms with E-state index < -0.39 is 5.97 Å². The first-order valence-electron chi connectivity index (χ1n) is 6.56.